The summed E-state index contributed by atoms with van der Waals surface area (Å²) in [7, 11) is 0. The molecule has 194 valence electrons. The molecule has 2 fully saturated rings. The van der Waals surface area contributed by atoms with Gasteiger partial charge < -0.3 is 19.9 Å². The Morgan fingerprint density at radius 3 is 2.64 bits per heavy atom. The van der Waals surface area contributed by atoms with Gasteiger partial charge in [0, 0.05) is 57.6 Å². The predicted molar refractivity (Wildman–Crippen MR) is 136 cm³/mol. The third kappa shape index (κ3) is 6.92. The molecule has 0 bridgehead atoms. The lowest BCUT2D eigenvalue weighted by atomic mass is 9.92. The third-order valence-corrected chi connectivity index (χ3v) is 7.05. The third-order valence-electron chi connectivity index (χ3n) is 7.05. The quantitative estimate of drug-likeness (QED) is 0.478. The van der Waals surface area contributed by atoms with Crippen LogP contribution in [0.25, 0.3) is 0 Å². The van der Waals surface area contributed by atoms with Crippen LogP contribution in [0.15, 0.2) is 30.6 Å². The van der Waals surface area contributed by atoms with E-state index in [1.165, 1.54) is 12.1 Å². The highest BCUT2D eigenvalue weighted by Gasteiger charge is 2.21. The second-order valence-corrected chi connectivity index (χ2v) is 9.55. The molecule has 0 unspecified atom stereocenters. The predicted octanol–water partition coefficient (Wildman–Crippen LogP) is 3.61. The average molecular weight is 498 g/mol. The van der Waals surface area contributed by atoms with Gasteiger partial charge in [-0.25, -0.2) is 14.4 Å². The number of aromatic nitrogens is 2. The minimum atomic E-state index is -0.608. The molecular weight excluding hydrogens is 461 g/mol. The molecule has 2 saturated heterocycles. The van der Waals surface area contributed by atoms with Crippen molar-refractivity contribution in [3.63, 3.8) is 0 Å². The number of benzene rings is 1. The fourth-order valence-electron chi connectivity index (χ4n) is 4.79. The molecule has 1 aromatic carbocycles. The van der Waals surface area contributed by atoms with E-state index in [9.17, 15) is 14.0 Å². The molecule has 2 aliphatic rings. The lowest BCUT2D eigenvalue weighted by molar-refractivity contribution is -0.127. The van der Waals surface area contributed by atoms with Gasteiger partial charge in [-0.3, -0.25) is 9.59 Å². The number of hydrogen-bond acceptors (Lipinski definition) is 6. The van der Waals surface area contributed by atoms with Crippen LogP contribution >= 0.6 is 0 Å². The normalized spacial score (nSPS) is 16.4. The number of nitrogens with one attached hydrogen (secondary N) is 1. The first kappa shape index (κ1) is 25.9. The number of rotatable bonds is 11. The van der Waals surface area contributed by atoms with Crippen molar-refractivity contribution >= 4 is 17.8 Å². The molecule has 1 N–H and O–H groups in total. The summed E-state index contributed by atoms with van der Waals surface area (Å²) in [4.78, 5) is 36.9. The van der Waals surface area contributed by atoms with Crippen molar-refractivity contribution in [2.45, 2.75) is 51.9 Å². The van der Waals surface area contributed by atoms with Crippen molar-refractivity contribution in [2.75, 3.05) is 44.2 Å². The summed E-state index contributed by atoms with van der Waals surface area (Å²) in [6.45, 7) is 6.00. The maximum Gasteiger partial charge on any atom is 0.254 e. The van der Waals surface area contributed by atoms with Crippen LogP contribution in [0.4, 0.5) is 10.3 Å². The number of hydrogen-bond donors (Lipinski definition) is 1. The van der Waals surface area contributed by atoms with E-state index in [1.54, 1.807) is 11.0 Å². The van der Waals surface area contributed by atoms with Crippen molar-refractivity contribution in [1.82, 2.24) is 20.2 Å². The highest BCUT2D eigenvalue weighted by Crippen LogP contribution is 2.25. The van der Waals surface area contributed by atoms with Gasteiger partial charge in [0.1, 0.15) is 11.6 Å². The smallest absolute Gasteiger partial charge is 0.254 e. The van der Waals surface area contributed by atoms with Crippen LogP contribution in [0.3, 0.4) is 0 Å². The van der Waals surface area contributed by atoms with E-state index in [4.69, 9.17) is 4.74 Å². The first-order chi connectivity index (χ1) is 17.5. The number of likely N-dealkylation sites (tertiary alicyclic amines) is 1. The van der Waals surface area contributed by atoms with Crippen LogP contribution in [0.2, 0.25) is 0 Å². The van der Waals surface area contributed by atoms with E-state index in [0.29, 0.717) is 37.8 Å². The van der Waals surface area contributed by atoms with Gasteiger partial charge in [-0.15, -0.1) is 0 Å². The monoisotopic (exact) mass is 497 g/mol. The first-order valence-electron chi connectivity index (χ1n) is 13.1. The number of amides is 2. The molecule has 0 spiro atoms. The molecule has 2 aromatic rings. The highest BCUT2D eigenvalue weighted by molar-refractivity contribution is 5.94. The molecule has 3 heterocycles. The Morgan fingerprint density at radius 2 is 1.97 bits per heavy atom. The second-order valence-electron chi connectivity index (χ2n) is 9.55. The number of carbonyl (C=O) groups excluding carboxylic acids is 2. The van der Waals surface area contributed by atoms with E-state index >= 15 is 0 Å². The Bertz CT molecular complexity index is 1020. The molecule has 36 heavy (non-hydrogen) atoms. The minimum Gasteiger partial charge on any atom is -0.493 e. The van der Waals surface area contributed by atoms with Crippen LogP contribution in [0.1, 0.15) is 61.4 Å². The molecule has 0 aliphatic carbocycles. The highest BCUT2D eigenvalue weighted by atomic mass is 19.1. The molecular formula is C27H36FN5O3. The van der Waals surface area contributed by atoms with Gasteiger partial charge in [0.15, 0.2) is 0 Å². The standard InChI is InChI=1S/C27H36FN5O3/c1-2-20-18-30-27(31-19-20)33-13-9-21(10-14-33)5-4-16-36-22-7-8-23(24(28)17-22)26(35)29-11-15-32-12-3-6-25(32)34/h7-8,17-19,21H,2-6,9-16H2,1H3,(H,29,35). The summed E-state index contributed by atoms with van der Waals surface area (Å²) in [6.07, 6.45) is 10.3. The van der Waals surface area contributed by atoms with Gasteiger partial charge >= 0.3 is 0 Å². The molecule has 2 amide bonds. The summed E-state index contributed by atoms with van der Waals surface area (Å²) in [6, 6.07) is 4.34. The van der Waals surface area contributed by atoms with Crippen molar-refractivity contribution in [3.05, 3.63) is 47.5 Å². The fraction of sp³-hybridized carbons (Fsp3) is 0.556. The fourth-order valence-corrected chi connectivity index (χ4v) is 4.79. The molecule has 9 heteroatoms. The van der Waals surface area contributed by atoms with Crippen molar-refractivity contribution < 1.29 is 18.7 Å². The Kier molecular flexibility index (Phi) is 9.08. The zero-order valence-corrected chi connectivity index (χ0v) is 21.0. The van der Waals surface area contributed by atoms with Crippen LogP contribution < -0.4 is 15.0 Å². The van der Waals surface area contributed by atoms with Gasteiger partial charge in [0.2, 0.25) is 11.9 Å². The van der Waals surface area contributed by atoms with Crippen molar-refractivity contribution in [2.24, 2.45) is 5.92 Å². The molecule has 2 aliphatic heterocycles. The Morgan fingerprint density at radius 1 is 1.19 bits per heavy atom. The van der Waals surface area contributed by atoms with Gasteiger partial charge in [-0.1, -0.05) is 6.92 Å². The SMILES string of the molecule is CCc1cnc(N2CCC(CCCOc3ccc(C(=O)NCCN4CCCC4=O)c(F)c3)CC2)nc1. The maximum absolute atomic E-state index is 14.5. The molecule has 4 rings (SSSR count). The van der Waals surface area contributed by atoms with Crippen LogP contribution in [-0.2, 0) is 11.2 Å². The van der Waals surface area contributed by atoms with Crippen LogP contribution in [0, 0.1) is 11.7 Å². The van der Waals surface area contributed by atoms with Crippen LogP contribution in [-0.4, -0.2) is 66.0 Å². The van der Waals surface area contributed by atoms with Crippen molar-refractivity contribution in [3.8, 4) is 5.75 Å². The Hall–Kier alpha value is -3.23. The van der Waals surface area contributed by atoms with E-state index in [-0.39, 0.29) is 11.5 Å². The van der Waals surface area contributed by atoms with E-state index in [1.807, 2.05) is 12.4 Å². The lowest BCUT2D eigenvalue weighted by Crippen LogP contribution is -2.35. The number of piperidine rings is 1. The molecule has 0 saturated carbocycles. The summed E-state index contributed by atoms with van der Waals surface area (Å²) in [5.74, 6) is 0.893. The summed E-state index contributed by atoms with van der Waals surface area (Å²) >= 11 is 0. The maximum atomic E-state index is 14.5. The van der Waals surface area contributed by atoms with Gasteiger partial charge in [-0.05, 0) is 62.1 Å². The summed E-state index contributed by atoms with van der Waals surface area (Å²) < 4.78 is 20.2. The molecule has 8 nitrogen and oxygen atoms in total. The Balaban J connectivity index is 1.13. The van der Waals surface area contributed by atoms with Crippen molar-refractivity contribution in [1.29, 1.82) is 0 Å². The summed E-state index contributed by atoms with van der Waals surface area (Å²) in [5, 5.41) is 2.69. The number of halogens is 1. The molecule has 0 radical (unpaired) electrons. The van der Waals surface area contributed by atoms with E-state index < -0.39 is 11.7 Å². The van der Waals surface area contributed by atoms with Gasteiger partial charge in [0.05, 0.1) is 12.2 Å². The number of aryl methyl sites for hydroxylation is 1. The largest absolute Gasteiger partial charge is 0.493 e. The minimum absolute atomic E-state index is 0.0184. The molecule has 0 atom stereocenters. The topological polar surface area (TPSA) is 87.7 Å². The lowest BCUT2D eigenvalue weighted by Gasteiger charge is -2.32. The number of ether oxygens (including phenoxy) is 1. The number of carbonyl (C=O) groups is 2. The van der Waals surface area contributed by atoms with E-state index in [2.05, 4.69) is 27.1 Å². The first-order valence-corrected chi connectivity index (χ1v) is 13.1. The number of nitrogens with zero attached hydrogens (tertiary/aromatic N) is 4. The van der Waals surface area contributed by atoms with E-state index in [0.717, 1.165) is 69.7 Å². The Labute approximate surface area is 212 Å². The zero-order valence-electron chi connectivity index (χ0n) is 21.0. The van der Waals surface area contributed by atoms with Crippen LogP contribution in [0.5, 0.6) is 5.75 Å². The molecule has 1 aromatic heterocycles. The second kappa shape index (κ2) is 12.6. The van der Waals surface area contributed by atoms with Gasteiger partial charge in [-0.2, -0.15) is 0 Å². The average Bonchev–Trinajstić information content (AvgIpc) is 3.31. The summed E-state index contributed by atoms with van der Waals surface area (Å²) in [5.41, 5.74) is 1.13. The van der Waals surface area contributed by atoms with Gasteiger partial charge in [0.25, 0.3) is 5.91 Å². The zero-order chi connectivity index (χ0) is 25.3. The number of anilines is 1.